The van der Waals surface area contributed by atoms with Crippen molar-refractivity contribution < 1.29 is 19.1 Å². The van der Waals surface area contributed by atoms with Crippen LogP contribution >= 0.6 is 0 Å². The quantitative estimate of drug-likeness (QED) is 0.591. The number of nitrogens with zero attached hydrogens (tertiary/aromatic N) is 1. The van der Waals surface area contributed by atoms with Crippen LogP contribution in [0.25, 0.3) is 10.8 Å². The molecule has 4 rings (SSSR count). The Morgan fingerprint density at radius 1 is 0.935 bits per heavy atom. The van der Waals surface area contributed by atoms with Gasteiger partial charge in [0, 0.05) is 24.5 Å². The van der Waals surface area contributed by atoms with Crippen LogP contribution in [-0.2, 0) is 9.53 Å². The number of hydrogen-bond donors (Lipinski definition) is 1. The molecule has 1 N–H and O–H groups in total. The van der Waals surface area contributed by atoms with Gasteiger partial charge in [-0.15, -0.1) is 0 Å². The Balaban J connectivity index is 1.35. The number of hydrogen-bond acceptors (Lipinski definition) is 5. The van der Waals surface area contributed by atoms with E-state index in [1.54, 1.807) is 12.1 Å². The standard InChI is InChI=1S/C25H26N2O4/c1-30-23-16-19-8-4-3-7-18(19)15-22(23)25(29)31-17-24(28)26-20-9-11-21(12-10-20)27-13-5-2-6-14-27/h3-4,7-12,15-16H,2,5-6,13-14,17H2,1H3,(H,26,28). The zero-order valence-corrected chi connectivity index (χ0v) is 17.6. The minimum atomic E-state index is -0.599. The van der Waals surface area contributed by atoms with E-state index in [1.807, 2.05) is 48.5 Å². The Hall–Kier alpha value is -3.54. The smallest absolute Gasteiger partial charge is 0.342 e. The maximum absolute atomic E-state index is 12.6. The molecule has 6 nitrogen and oxygen atoms in total. The molecule has 3 aromatic carbocycles. The van der Waals surface area contributed by atoms with Crippen LogP contribution in [0, 0.1) is 0 Å². The Morgan fingerprint density at radius 3 is 2.29 bits per heavy atom. The molecule has 0 unspecified atom stereocenters. The van der Waals surface area contributed by atoms with Crippen molar-refractivity contribution in [2.45, 2.75) is 19.3 Å². The summed E-state index contributed by atoms with van der Waals surface area (Å²) in [7, 11) is 1.50. The number of benzene rings is 3. The zero-order chi connectivity index (χ0) is 21.6. The third-order valence-corrected chi connectivity index (χ3v) is 5.49. The lowest BCUT2D eigenvalue weighted by molar-refractivity contribution is -0.119. The third-order valence-electron chi connectivity index (χ3n) is 5.49. The van der Waals surface area contributed by atoms with E-state index in [0.29, 0.717) is 17.0 Å². The van der Waals surface area contributed by atoms with Gasteiger partial charge < -0.3 is 19.7 Å². The summed E-state index contributed by atoms with van der Waals surface area (Å²) in [6, 6.07) is 18.9. The number of anilines is 2. The highest BCUT2D eigenvalue weighted by atomic mass is 16.5. The molecule has 3 aromatic rings. The van der Waals surface area contributed by atoms with Gasteiger partial charge in [0.1, 0.15) is 11.3 Å². The molecule has 0 radical (unpaired) electrons. The summed E-state index contributed by atoms with van der Waals surface area (Å²) < 4.78 is 10.6. The summed E-state index contributed by atoms with van der Waals surface area (Å²) in [4.78, 5) is 27.2. The molecule has 1 heterocycles. The number of esters is 1. The highest BCUT2D eigenvalue weighted by Gasteiger charge is 2.17. The second-order valence-electron chi connectivity index (χ2n) is 7.62. The lowest BCUT2D eigenvalue weighted by Crippen LogP contribution is -2.29. The predicted molar refractivity (Wildman–Crippen MR) is 122 cm³/mol. The van der Waals surface area contributed by atoms with Crippen LogP contribution < -0.4 is 15.0 Å². The van der Waals surface area contributed by atoms with Crippen molar-refractivity contribution in [1.82, 2.24) is 0 Å². The van der Waals surface area contributed by atoms with Gasteiger partial charge in [-0.05, 0) is 66.4 Å². The number of ether oxygens (including phenoxy) is 2. The summed E-state index contributed by atoms with van der Waals surface area (Å²) in [6.45, 7) is 1.77. The lowest BCUT2D eigenvalue weighted by Gasteiger charge is -2.28. The number of rotatable bonds is 6. The van der Waals surface area contributed by atoms with Crippen LogP contribution in [-0.4, -0.2) is 38.7 Å². The monoisotopic (exact) mass is 418 g/mol. The van der Waals surface area contributed by atoms with Gasteiger partial charge in [0.25, 0.3) is 5.91 Å². The van der Waals surface area contributed by atoms with Crippen LogP contribution in [0.4, 0.5) is 11.4 Å². The minimum Gasteiger partial charge on any atom is -0.496 e. The number of fused-ring (bicyclic) bond motifs is 1. The molecule has 1 aliphatic heterocycles. The van der Waals surface area contributed by atoms with Gasteiger partial charge in [-0.3, -0.25) is 4.79 Å². The number of nitrogens with one attached hydrogen (secondary N) is 1. The van der Waals surface area contributed by atoms with E-state index in [4.69, 9.17) is 9.47 Å². The van der Waals surface area contributed by atoms with Crippen LogP contribution in [0.5, 0.6) is 5.75 Å². The molecule has 1 fully saturated rings. The number of carbonyl (C=O) groups is 2. The van der Waals surface area contributed by atoms with Crippen molar-refractivity contribution in [2.24, 2.45) is 0 Å². The van der Waals surface area contributed by atoms with Crippen molar-refractivity contribution in [2.75, 3.05) is 37.0 Å². The first-order valence-electron chi connectivity index (χ1n) is 10.5. The summed E-state index contributed by atoms with van der Waals surface area (Å²) in [5.74, 6) is -0.575. The van der Waals surface area contributed by atoms with Gasteiger partial charge in [-0.1, -0.05) is 24.3 Å². The molecular weight excluding hydrogens is 392 g/mol. The average Bonchev–Trinajstić information content (AvgIpc) is 2.82. The molecule has 6 heteroatoms. The van der Waals surface area contributed by atoms with Crippen molar-refractivity contribution in [1.29, 1.82) is 0 Å². The van der Waals surface area contributed by atoms with Crippen molar-refractivity contribution in [3.8, 4) is 5.75 Å². The van der Waals surface area contributed by atoms with E-state index in [2.05, 4.69) is 10.2 Å². The Kier molecular flexibility index (Phi) is 6.36. The largest absolute Gasteiger partial charge is 0.496 e. The summed E-state index contributed by atoms with van der Waals surface area (Å²) in [6.07, 6.45) is 3.71. The van der Waals surface area contributed by atoms with E-state index in [-0.39, 0.29) is 12.5 Å². The second kappa shape index (κ2) is 9.51. The van der Waals surface area contributed by atoms with Crippen molar-refractivity contribution in [3.05, 3.63) is 66.2 Å². The van der Waals surface area contributed by atoms with Crippen LogP contribution in [0.1, 0.15) is 29.6 Å². The molecule has 0 spiro atoms. The van der Waals surface area contributed by atoms with Gasteiger partial charge in [0.05, 0.1) is 7.11 Å². The highest BCUT2D eigenvalue weighted by Crippen LogP contribution is 2.26. The second-order valence-corrected chi connectivity index (χ2v) is 7.62. The molecule has 31 heavy (non-hydrogen) atoms. The molecule has 0 aliphatic carbocycles. The maximum atomic E-state index is 12.6. The fraction of sp³-hybridized carbons (Fsp3) is 0.280. The number of piperidine rings is 1. The fourth-order valence-electron chi connectivity index (χ4n) is 3.86. The maximum Gasteiger partial charge on any atom is 0.342 e. The first-order chi connectivity index (χ1) is 15.1. The molecular formula is C25H26N2O4. The molecule has 1 aliphatic rings. The van der Waals surface area contributed by atoms with E-state index >= 15 is 0 Å². The SMILES string of the molecule is COc1cc2ccccc2cc1C(=O)OCC(=O)Nc1ccc(N2CCCCC2)cc1. The summed E-state index contributed by atoms with van der Waals surface area (Å²) >= 11 is 0. The number of carbonyl (C=O) groups excluding carboxylic acids is 2. The van der Waals surface area contributed by atoms with Crippen LogP contribution in [0.2, 0.25) is 0 Å². The van der Waals surface area contributed by atoms with Crippen molar-refractivity contribution >= 4 is 34.0 Å². The van der Waals surface area contributed by atoms with Gasteiger partial charge in [-0.2, -0.15) is 0 Å². The van der Waals surface area contributed by atoms with Gasteiger partial charge in [0.2, 0.25) is 0 Å². The summed E-state index contributed by atoms with van der Waals surface area (Å²) in [5.41, 5.74) is 2.12. The third kappa shape index (κ3) is 4.97. The van der Waals surface area contributed by atoms with Gasteiger partial charge >= 0.3 is 5.97 Å². The Bertz CT molecular complexity index is 1070. The van der Waals surface area contributed by atoms with Crippen molar-refractivity contribution in [3.63, 3.8) is 0 Å². The van der Waals surface area contributed by atoms with Gasteiger partial charge in [0.15, 0.2) is 6.61 Å². The van der Waals surface area contributed by atoms with Crippen LogP contribution in [0.3, 0.4) is 0 Å². The zero-order valence-electron chi connectivity index (χ0n) is 17.6. The number of amides is 1. The molecule has 1 saturated heterocycles. The highest BCUT2D eigenvalue weighted by molar-refractivity contribution is 6.00. The lowest BCUT2D eigenvalue weighted by atomic mass is 10.1. The first kappa shape index (κ1) is 20.7. The average molecular weight is 418 g/mol. The molecule has 0 bridgehead atoms. The molecule has 160 valence electrons. The predicted octanol–water partition coefficient (Wildman–Crippen LogP) is 4.63. The normalized spacial score (nSPS) is 13.6. The van der Waals surface area contributed by atoms with Crippen LogP contribution in [0.15, 0.2) is 60.7 Å². The molecule has 1 amide bonds. The van der Waals surface area contributed by atoms with E-state index in [9.17, 15) is 9.59 Å². The van der Waals surface area contributed by atoms with E-state index < -0.39 is 5.97 Å². The minimum absolute atomic E-state index is 0.292. The fourth-order valence-corrected chi connectivity index (χ4v) is 3.86. The van der Waals surface area contributed by atoms with E-state index in [0.717, 1.165) is 29.5 Å². The first-order valence-corrected chi connectivity index (χ1v) is 10.5. The Morgan fingerprint density at radius 2 is 1.61 bits per heavy atom. The molecule has 0 aromatic heterocycles. The topological polar surface area (TPSA) is 67.9 Å². The molecule has 0 atom stereocenters. The van der Waals surface area contributed by atoms with E-state index in [1.165, 1.54) is 26.4 Å². The molecule has 0 saturated carbocycles. The summed E-state index contributed by atoms with van der Waals surface area (Å²) in [5, 5.41) is 4.63. The Labute approximate surface area is 181 Å². The van der Waals surface area contributed by atoms with Gasteiger partial charge in [-0.25, -0.2) is 4.79 Å². The number of methoxy groups -OCH3 is 1.